The van der Waals surface area contributed by atoms with Gasteiger partial charge in [-0.15, -0.1) is 0 Å². The molecule has 0 aliphatic rings. The van der Waals surface area contributed by atoms with Gasteiger partial charge in [-0.25, -0.2) is 9.59 Å². The lowest BCUT2D eigenvalue weighted by molar-refractivity contribution is -0.145. The number of carboxylic acid groups (broad SMARTS) is 1. The number of rotatable bonds is 12. The predicted molar refractivity (Wildman–Crippen MR) is 115 cm³/mol. The zero-order chi connectivity index (χ0) is 25.0. The van der Waals surface area contributed by atoms with E-state index >= 15 is 0 Å². The minimum atomic E-state index is -1.36. The summed E-state index contributed by atoms with van der Waals surface area (Å²) in [6.45, 7) is 6.72. The molecule has 0 fully saturated rings. The number of esters is 1. The quantitative estimate of drug-likeness (QED) is 0.263. The topological polar surface area (TPSA) is 161 Å². The second-order valence-corrected chi connectivity index (χ2v) is 7.08. The summed E-state index contributed by atoms with van der Waals surface area (Å²) in [5.74, 6) is -3.36. The third-order valence-electron chi connectivity index (χ3n) is 4.51. The number of carbonyl (C=O) groups excluding carboxylic acids is 3. The number of carboxylic acids is 1. The van der Waals surface area contributed by atoms with Crippen molar-refractivity contribution in [2.75, 3.05) is 19.8 Å². The van der Waals surface area contributed by atoms with Gasteiger partial charge in [0.2, 0.25) is 0 Å². The maximum Gasteiger partial charge on any atom is 0.513 e. The van der Waals surface area contributed by atoms with Crippen molar-refractivity contribution in [1.29, 1.82) is 0 Å². The molecule has 0 radical (unpaired) electrons. The predicted octanol–water partition coefficient (Wildman–Crippen LogP) is 3.23. The van der Waals surface area contributed by atoms with Crippen LogP contribution in [0.4, 0.5) is 9.59 Å². The number of aliphatic carboxylic acids is 1. The highest BCUT2D eigenvalue weighted by atomic mass is 16.7. The average molecular weight is 469 g/mol. The van der Waals surface area contributed by atoms with Crippen LogP contribution in [0.5, 0.6) is 11.5 Å². The third-order valence-corrected chi connectivity index (χ3v) is 4.51. The molecule has 0 aliphatic carbocycles. The molecule has 3 N–H and O–H groups in total. The SMILES string of the molecule is CCCC(=O)OCC(C)C(c1ccc(OC(=O)OCC)c(OC(=O)OCC)c1)[C@H](N)C(=O)O. The second kappa shape index (κ2) is 13.9. The molecular weight excluding hydrogens is 438 g/mol. The number of ether oxygens (including phenoxy) is 5. The summed E-state index contributed by atoms with van der Waals surface area (Å²) in [4.78, 5) is 47.0. The Morgan fingerprint density at radius 3 is 2.03 bits per heavy atom. The molecule has 184 valence electrons. The van der Waals surface area contributed by atoms with E-state index in [-0.39, 0.29) is 37.7 Å². The van der Waals surface area contributed by atoms with Crippen LogP contribution in [0.1, 0.15) is 52.0 Å². The standard InChI is InChI=1S/C22H31NO10/c1-5-8-17(24)31-12-13(4)18(19(23)20(25)26)14-9-10-15(32-21(27)29-6-2)16(11-14)33-22(28)30-7-3/h9-11,13,18-19H,5-8,12,23H2,1-4H3,(H,25,26)/t13?,18?,19-/m0/s1. The van der Waals surface area contributed by atoms with Gasteiger partial charge in [0.25, 0.3) is 0 Å². The van der Waals surface area contributed by atoms with E-state index in [0.29, 0.717) is 12.0 Å². The van der Waals surface area contributed by atoms with Crippen molar-refractivity contribution in [1.82, 2.24) is 0 Å². The summed E-state index contributed by atoms with van der Waals surface area (Å²) < 4.78 is 24.9. The molecule has 1 aromatic rings. The van der Waals surface area contributed by atoms with Crippen LogP contribution in [0.3, 0.4) is 0 Å². The summed E-state index contributed by atoms with van der Waals surface area (Å²) in [5.41, 5.74) is 6.30. The fourth-order valence-electron chi connectivity index (χ4n) is 3.02. The van der Waals surface area contributed by atoms with Gasteiger partial charge >= 0.3 is 24.2 Å². The van der Waals surface area contributed by atoms with E-state index in [0.717, 1.165) is 0 Å². The van der Waals surface area contributed by atoms with E-state index in [9.17, 15) is 24.3 Å². The first-order valence-corrected chi connectivity index (χ1v) is 10.6. The Bertz CT molecular complexity index is 825. The first-order chi connectivity index (χ1) is 15.6. The van der Waals surface area contributed by atoms with Crippen molar-refractivity contribution < 1.29 is 48.0 Å². The fourth-order valence-corrected chi connectivity index (χ4v) is 3.02. The van der Waals surface area contributed by atoms with Crippen LogP contribution in [0, 0.1) is 5.92 Å². The molecule has 3 atom stereocenters. The Kier molecular flexibility index (Phi) is 11.7. The molecular formula is C22H31NO10. The van der Waals surface area contributed by atoms with E-state index in [1.165, 1.54) is 18.2 Å². The smallest absolute Gasteiger partial charge is 0.480 e. The van der Waals surface area contributed by atoms with Crippen LogP contribution in [0.2, 0.25) is 0 Å². The van der Waals surface area contributed by atoms with Gasteiger partial charge in [0, 0.05) is 12.3 Å². The van der Waals surface area contributed by atoms with E-state index in [2.05, 4.69) is 0 Å². The maximum atomic E-state index is 11.9. The van der Waals surface area contributed by atoms with E-state index < -0.39 is 42.1 Å². The molecule has 0 spiro atoms. The highest BCUT2D eigenvalue weighted by Gasteiger charge is 2.32. The van der Waals surface area contributed by atoms with Gasteiger partial charge in [-0.1, -0.05) is 19.9 Å². The molecule has 0 heterocycles. The zero-order valence-corrected chi connectivity index (χ0v) is 19.2. The number of hydrogen-bond donors (Lipinski definition) is 2. The van der Waals surface area contributed by atoms with Gasteiger partial charge in [-0.2, -0.15) is 0 Å². The number of benzene rings is 1. The molecule has 11 nitrogen and oxygen atoms in total. The first-order valence-electron chi connectivity index (χ1n) is 10.6. The van der Waals surface area contributed by atoms with Crippen LogP contribution in [-0.4, -0.2) is 55.2 Å². The first kappa shape index (κ1) is 27.7. The fraction of sp³-hybridized carbons (Fsp3) is 0.545. The van der Waals surface area contributed by atoms with Crippen LogP contribution in [0.25, 0.3) is 0 Å². The maximum absolute atomic E-state index is 11.9. The summed E-state index contributed by atoms with van der Waals surface area (Å²) in [5, 5.41) is 9.52. The molecule has 0 aliphatic heterocycles. The molecule has 0 saturated carbocycles. The molecule has 2 unspecified atom stereocenters. The van der Waals surface area contributed by atoms with Crippen LogP contribution >= 0.6 is 0 Å². The number of nitrogens with two attached hydrogens (primary N) is 1. The van der Waals surface area contributed by atoms with E-state index in [1.807, 2.05) is 6.92 Å². The van der Waals surface area contributed by atoms with Crippen molar-refractivity contribution >= 4 is 24.2 Å². The minimum absolute atomic E-state index is 0.0409. The Morgan fingerprint density at radius 2 is 1.52 bits per heavy atom. The Balaban J connectivity index is 3.31. The van der Waals surface area contributed by atoms with Gasteiger partial charge in [0.1, 0.15) is 6.04 Å². The van der Waals surface area contributed by atoms with Crippen LogP contribution < -0.4 is 15.2 Å². The average Bonchev–Trinajstić information content (AvgIpc) is 2.74. The summed E-state index contributed by atoms with van der Waals surface area (Å²) >= 11 is 0. The van der Waals surface area contributed by atoms with Crippen LogP contribution in [0.15, 0.2) is 18.2 Å². The highest BCUT2D eigenvalue weighted by Crippen LogP contribution is 2.36. The zero-order valence-electron chi connectivity index (χ0n) is 19.2. The largest absolute Gasteiger partial charge is 0.513 e. The molecule has 0 bridgehead atoms. The molecule has 0 aromatic heterocycles. The van der Waals surface area contributed by atoms with Crippen molar-refractivity contribution in [2.24, 2.45) is 11.7 Å². The van der Waals surface area contributed by atoms with Gasteiger partial charge in [-0.3, -0.25) is 9.59 Å². The summed E-state index contributed by atoms with van der Waals surface area (Å²) in [6.07, 6.45) is -1.22. The third kappa shape index (κ3) is 8.97. The lowest BCUT2D eigenvalue weighted by atomic mass is 9.82. The lowest BCUT2D eigenvalue weighted by Crippen LogP contribution is -2.40. The van der Waals surface area contributed by atoms with Crippen molar-refractivity contribution in [3.05, 3.63) is 23.8 Å². The highest BCUT2D eigenvalue weighted by molar-refractivity contribution is 5.75. The monoisotopic (exact) mass is 469 g/mol. The molecule has 1 rings (SSSR count). The molecule has 0 amide bonds. The van der Waals surface area contributed by atoms with Gasteiger partial charge < -0.3 is 34.5 Å². The molecule has 11 heteroatoms. The van der Waals surface area contributed by atoms with E-state index in [4.69, 9.17) is 29.4 Å². The minimum Gasteiger partial charge on any atom is -0.480 e. The van der Waals surface area contributed by atoms with Crippen LogP contribution in [-0.2, 0) is 23.8 Å². The number of hydrogen-bond acceptors (Lipinski definition) is 10. The summed E-state index contributed by atoms with van der Waals surface area (Å²) in [7, 11) is 0. The Labute approximate surface area is 192 Å². The normalized spacial score (nSPS) is 13.2. The van der Waals surface area contributed by atoms with Gasteiger partial charge in [0.15, 0.2) is 11.5 Å². The summed E-state index contributed by atoms with van der Waals surface area (Å²) in [6, 6.07) is 2.75. The molecule has 1 aromatic carbocycles. The van der Waals surface area contributed by atoms with Gasteiger partial charge in [-0.05, 0) is 43.9 Å². The van der Waals surface area contributed by atoms with Crippen molar-refractivity contribution in [3.63, 3.8) is 0 Å². The van der Waals surface area contributed by atoms with Gasteiger partial charge in [0.05, 0.1) is 19.8 Å². The van der Waals surface area contributed by atoms with Crippen molar-refractivity contribution in [3.8, 4) is 11.5 Å². The molecule has 0 saturated heterocycles. The van der Waals surface area contributed by atoms with Crippen molar-refractivity contribution in [2.45, 2.75) is 52.5 Å². The Morgan fingerprint density at radius 1 is 0.939 bits per heavy atom. The lowest BCUT2D eigenvalue weighted by Gasteiger charge is -2.28. The number of carbonyl (C=O) groups is 4. The molecule has 33 heavy (non-hydrogen) atoms. The van der Waals surface area contributed by atoms with E-state index in [1.54, 1.807) is 20.8 Å². The second-order valence-electron chi connectivity index (χ2n) is 7.08. The Hall–Kier alpha value is -3.34.